The van der Waals surface area contributed by atoms with E-state index < -0.39 is 34.1 Å². The van der Waals surface area contributed by atoms with Gasteiger partial charge in [0.15, 0.2) is 5.78 Å². The van der Waals surface area contributed by atoms with Crippen LogP contribution in [0.3, 0.4) is 0 Å². The quantitative estimate of drug-likeness (QED) is 0.445. The summed E-state index contributed by atoms with van der Waals surface area (Å²) >= 11 is 0. The van der Waals surface area contributed by atoms with E-state index in [-0.39, 0.29) is 29.1 Å². The van der Waals surface area contributed by atoms with Crippen LogP contribution < -0.4 is 0 Å². The van der Waals surface area contributed by atoms with E-state index in [4.69, 9.17) is 0 Å². The number of carbonyl (C=O) groups excluding carboxylic acids is 1. The van der Waals surface area contributed by atoms with Crippen molar-refractivity contribution in [3.63, 3.8) is 0 Å². The van der Waals surface area contributed by atoms with Crippen LogP contribution in [0.4, 0.5) is 0 Å². The van der Waals surface area contributed by atoms with Crippen LogP contribution >= 0.6 is 0 Å². The second kappa shape index (κ2) is 5.55. The van der Waals surface area contributed by atoms with Gasteiger partial charge in [-0.15, -0.1) is 0 Å². The molecule has 4 saturated carbocycles. The molecule has 4 aliphatic rings. The lowest BCUT2D eigenvalue weighted by Crippen LogP contribution is -2.81. The van der Waals surface area contributed by atoms with Crippen molar-refractivity contribution in [1.29, 1.82) is 0 Å². The lowest BCUT2D eigenvalue weighted by Gasteiger charge is -2.72. The molecular weight excluding hydrogens is 332 g/mol. The lowest BCUT2D eigenvalue weighted by atomic mass is 9.33. The Morgan fingerprint density at radius 1 is 1.19 bits per heavy atom. The van der Waals surface area contributed by atoms with Crippen molar-refractivity contribution in [2.24, 2.45) is 35.0 Å². The van der Waals surface area contributed by atoms with Crippen LogP contribution in [0.2, 0.25) is 0 Å². The summed E-state index contributed by atoms with van der Waals surface area (Å²) in [5.41, 5.74) is -5.41. The van der Waals surface area contributed by atoms with E-state index in [1.165, 1.54) is 0 Å². The fourth-order valence-electron chi connectivity index (χ4n) is 7.49. The van der Waals surface area contributed by atoms with Crippen molar-refractivity contribution in [1.82, 2.24) is 0 Å². The maximum atomic E-state index is 13.5. The molecule has 0 saturated heterocycles. The Labute approximate surface area is 156 Å². The van der Waals surface area contributed by atoms with E-state index in [1.807, 2.05) is 27.7 Å². The summed E-state index contributed by atoms with van der Waals surface area (Å²) in [7, 11) is 0. The van der Waals surface area contributed by atoms with Gasteiger partial charge in [0.2, 0.25) is 0 Å². The summed E-state index contributed by atoms with van der Waals surface area (Å²) in [6, 6.07) is 0. The maximum absolute atomic E-state index is 13.5. The van der Waals surface area contributed by atoms with E-state index in [9.17, 15) is 25.2 Å². The first kappa shape index (κ1) is 19.8. The van der Waals surface area contributed by atoms with Crippen molar-refractivity contribution in [3.8, 4) is 0 Å². The van der Waals surface area contributed by atoms with Gasteiger partial charge in [-0.1, -0.05) is 34.1 Å². The molecule has 4 fully saturated rings. The van der Waals surface area contributed by atoms with Gasteiger partial charge < -0.3 is 20.4 Å². The van der Waals surface area contributed by atoms with Gasteiger partial charge in [0.25, 0.3) is 0 Å². The highest BCUT2D eigenvalue weighted by atomic mass is 16.4. The smallest absolute Gasteiger partial charge is 0.171 e. The minimum absolute atomic E-state index is 0.0205. The SMILES string of the molecule is CCC(C)C1C2(C)C(=O)C(=CO)C(O)(C3CC(C)(O)CC(C)C32)C1(C)O. The molecule has 0 heterocycles. The highest BCUT2D eigenvalue weighted by molar-refractivity contribution is 6.04. The fraction of sp³-hybridized carbons (Fsp3) is 0.857. The van der Waals surface area contributed by atoms with Crippen molar-refractivity contribution < 1.29 is 25.2 Å². The highest BCUT2D eigenvalue weighted by Crippen LogP contribution is 2.71. The number of rotatable bonds is 2. The first-order valence-electron chi connectivity index (χ1n) is 9.87. The number of aliphatic hydroxyl groups excluding tert-OH is 1. The van der Waals surface area contributed by atoms with E-state index >= 15 is 0 Å². The minimum Gasteiger partial charge on any atom is -0.515 e. The minimum atomic E-state index is -1.87. The monoisotopic (exact) mass is 366 g/mol. The standard InChI is InChI=1S/C21H34O5/c1-7-11(2)16-19(5)15-12(3)8-18(4,24)9-13(15)21(26,20(16,6)25)14(10-22)17(19)23/h10-13,15-16,22,24-26H,7-9H2,1-6H3. The Morgan fingerprint density at radius 3 is 2.27 bits per heavy atom. The van der Waals surface area contributed by atoms with Crippen molar-refractivity contribution in [2.45, 2.75) is 77.6 Å². The van der Waals surface area contributed by atoms with Gasteiger partial charge in [0, 0.05) is 17.3 Å². The van der Waals surface area contributed by atoms with Crippen molar-refractivity contribution in [2.75, 3.05) is 0 Å². The molecule has 9 atom stereocenters. The summed E-state index contributed by atoms with van der Waals surface area (Å²) < 4.78 is 0. The van der Waals surface area contributed by atoms with E-state index in [0.29, 0.717) is 19.1 Å². The number of hydrogen-bond donors (Lipinski definition) is 4. The maximum Gasteiger partial charge on any atom is 0.171 e. The number of aliphatic hydroxyl groups is 4. The summed E-state index contributed by atoms with van der Waals surface area (Å²) in [4.78, 5) is 13.5. The van der Waals surface area contributed by atoms with Crippen LogP contribution in [0, 0.1) is 35.0 Å². The van der Waals surface area contributed by atoms with Crippen molar-refractivity contribution in [3.05, 3.63) is 11.8 Å². The molecule has 0 aromatic rings. The molecule has 5 nitrogen and oxygen atoms in total. The van der Waals surface area contributed by atoms with Gasteiger partial charge in [-0.2, -0.15) is 0 Å². The molecule has 0 spiro atoms. The molecule has 0 aliphatic heterocycles. The molecule has 4 aliphatic carbocycles. The third kappa shape index (κ3) is 2.05. The zero-order valence-electron chi connectivity index (χ0n) is 16.8. The Bertz CT molecular complexity index is 651. The third-order valence-electron chi connectivity index (χ3n) is 8.21. The zero-order valence-corrected chi connectivity index (χ0v) is 16.8. The highest BCUT2D eigenvalue weighted by Gasteiger charge is 2.79. The summed E-state index contributed by atoms with van der Waals surface area (Å²) in [5.74, 6) is -1.27. The van der Waals surface area contributed by atoms with Gasteiger partial charge in [0.05, 0.1) is 23.0 Å². The average Bonchev–Trinajstić information content (AvgIpc) is 2.50. The number of ketones is 1. The summed E-state index contributed by atoms with van der Waals surface area (Å²) in [6.07, 6.45) is 2.32. The topological polar surface area (TPSA) is 98.0 Å². The van der Waals surface area contributed by atoms with Crippen LogP contribution in [0.1, 0.15) is 60.8 Å². The number of Topliss-reactive ketones (excluding diaryl/α,β-unsaturated/α-hetero) is 1. The van der Waals surface area contributed by atoms with E-state index in [2.05, 4.69) is 0 Å². The van der Waals surface area contributed by atoms with Crippen LogP contribution in [-0.2, 0) is 4.79 Å². The average molecular weight is 366 g/mol. The Hall–Kier alpha value is -0.910. The Kier molecular flexibility index (Phi) is 4.24. The third-order valence-corrected chi connectivity index (χ3v) is 8.21. The second-order valence-corrected chi connectivity index (χ2v) is 9.95. The molecule has 148 valence electrons. The van der Waals surface area contributed by atoms with Gasteiger partial charge >= 0.3 is 0 Å². The number of carbonyl (C=O) groups is 1. The summed E-state index contributed by atoms with van der Waals surface area (Å²) in [5, 5.41) is 44.1. The molecule has 0 aromatic heterocycles. The van der Waals surface area contributed by atoms with E-state index in [0.717, 1.165) is 6.42 Å². The Morgan fingerprint density at radius 2 is 1.77 bits per heavy atom. The molecule has 4 rings (SSSR count). The van der Waals surface area contributed by atoms with Crippen LogP contribution in [0.15, 0.2) is 11.8 Å². The molecule has 4 N–H and O–H groups in total. The Balaban J connectivity index is 2.32. The predicted octanol–water partition coefficient (Wildman–Crippen LogP) is 2.59. The van der Waals surface area contributed by atoms with Gasteiger partial charge in [-0.05, 0) is 44.4 Å². The molecule has 2 bridgehead atoms. The van der Waals surface area contributed by atoms with Crippen LogP contribution in [0.25, 0.3) is 0 Å². The number of hydrogen-bond acceptors (Lipinski definition) is 5. The molecular formula is C21H34O5. The van der Waals surface area contributed by atoms with Crippen molar-refractivity contribution >= 4 is 5.78 Å². The van der Waals surface area contributed by atoms with Gasteiger partial charge in [-0.25, -0.2) is 0 Å². The molecule has 0 aromatic carbocycles. The molecule has 5 heteroatoms. The molecule has 9 unspecified atom stereocenters. The second-order valence-electron chi connectivity index (χ2n) is 9.95. The van der Waals surface area contributed by atoms with Gasteiger partial charge in [0.1, 0.15) is 5.60 Å². The number of fused-ring (bicyclic) bond motifs is 2. The molecule has 26 heavy (non-hydrogen) atoms. The first-order chi connectivity index (χ1) is 11.8. The molecule has 0 radical (unpaired) electrons. The molecule has 0 amide bonds. The summed E-state index contributed by atoms with van der Waals surface area (Å²) in [6.45, 7) is 11.3. The largest absolute Gasteiger partial charge is 0.515 e. The fourth-order valence-corrected chi connectivity index (χ4v) is 7.49. The van der Waals surface area contributed by atoms with E-state index in [1.54, 1.807) is 13.8 Å². The predicted molar refractivity (Wildman–Crippen MR) is 98.3 cm³/mol. The van der Waals surface area contributed by atoms with Crippen LogP contribution in [0.5, 0.6) is 0 Å². The first-order valence-corrected chi connectivity index (χ1v) is 9.87. The van der Waals surface area contributed by atoms with Crippen LogP contribution in [-0.4, -0.2) is 43.0 Å². The van der Waals surface area contributed by atoms with Gasteiger partial charge in [-0.3, -0.25) is 4.79 Å². The normalized spacial score (nSPS) is 56.5. The zero-order chi connectivity index (χ0) is 19.9. The lowest BCUT2D eigenvalue weighted by molar-refractivity contribution is -0.301.